The van der Waals surface area contributed by atoms with E-state index >= 15 is 0 Å². The number of carbonyl (C=O) groups excluding carboxylic acids is 1. The maximum absolute atomic E-state index is 10.9. The summed E-state index contributed by atoms with van der Waals surface area (Å²) in [4.78, 5) is 14.7. The van der Waals surface area contributed by atoms with Crippen molar-refractivity contribution in [3.63, 3.8) is 0 Å². The molecule has 1 heterocycles. The van der Waals surface area contributed by atoms with Gasteiger partial charge in [0.2, 0.25) is 0 Å². The van der Waals surface area contributed by atoms with E-state index in [-0.39, 0.29) is 6.42 Å². The standard InChI is InChI=1S/C9H10BrNO3/c1-14-9(13)4-8(12)6-2-3-11-5-7(6)10/h2-3,5,8,12H,4H2,1H3/t8-/m1/s1. The molecule has 76 valence electrons. The van der Waals surface area contributed by atoms with Crippen LogP contribution in [0.25, 0.3) is 0 Å². The second-order valence-corrected chi connectivity index (χ2v) is 3.55. The van der Waals surface area contributed by atoms with Gasteiger partial charge in [0, 0.05) is 16.9 Å². The lowest BCUT2D eigenvalue weighted by atomic mass is 10.1. The average molecular weight is 260 g/mol. The Bertz CT molecular complexity index is 330. The number of carbonyl (C=O) groups is 1. The van der Waals surface area contributed by atoms with Crippen LogP contribution in [-0.4, -0.2) is 23.2 Å². The highest BCUT2D eigenvalue weighted by Gasteiger charge is 2.15. The Balaban J connectivity index is 2.74. The highest BCUT2D eigenvalue weighted by molar-refractivity contribution is 9.10. The molecule has 0 amide bonds. The van der Waals surface area contributed by atoms with Gasteiger partial charge in [0.15, 0.2) is 0 Å². The summed E-state index contributed by atoms with van der Waals surface area (Å²) < 4.78 is 5.13. The lowest BCUT2D eigenvalue weighted by molar-refractivity contribution is -0.142. The van der Waals surface area contributed by atoms with Gasteiger partial charge < -0.3 is 9.84 Å². The van der Waals surface area contributed by atoms with Crippen molar-refractivity contribution in [2.24, 2.45) is 0 Å². The molecule has 0 aromatic carbocycles. The third-order valence-electron chi connectivity index (χ3n) is 1.75. The van der Waals surface area contributed by atoms with Crippen molar-refractivity contribution in [2.45, 2.75) is 12.5 Å². The number of aliphatic hydroxyl groups excluding tert-OH is 1. The monoisotopic (exact) mass is 259 g/mol. The van der Waals surface area contributed by atoms with Crippen LogP contribution >= 0.6 is 15.9 Å². The smallest absolute Gasteiger partial charge is 0.308 e. The summed E-state index contributed by atoms with van der Waals surface area (Å²) in [5.41, 5.74) is 0.630. The van der Waals surface area contributed by atoms with E-state index in [0.717, 1.165) is 0 Å². The van der Waals surface area contributed by atoms with Gasteiger partial charge in [0.05, 0.1) is 19.6 Å². The highest BCUT2D eigenvalue weighted by atomic mass is 79.9. The zero-order valence-corrected chi connectivity index (χ0v) is 9.19. The van der Waals surface area contributed by atoms with Crippen molar-refractivity contribution in [2.75, 3.05) is 7.11 Å². The van der Waals surface area contributed by atoms with Gasteiger partial charge >= 0.3 is 5.97 Å². The molecule has 5 heteroatoms. The van der Waals surface area contributed by atoms with Crippen LogP contribution in [0.4, 0.5) is 0 Å². The molecule has 14 heavy (non-hydrogen) atoms. The molecule has 1 aromatic heterocycles. The minimum Gasteiger partial charge on any atom is -0.469 e. The molecule has 0 fully saturated rings. The molecule has 0 bridgehead atoms. The van der Waals surface area contributed by atoms with Crippen LogP contribution in [0, 0.1) is 0 Å². The Hall–Kier alpha value is -0.940. The summed E-state index contributed by atoms with van der Waals surface area (Å²) >= 11 is 3.23. The molecular weight excluding hydrogens is 250 g/mol. The lowest BCUT2D eigenvalue weighted by Gasteiger charge is -2.10. The van der Waals surface area contributed by atoms with Gasteiger partial charge in [0.1, 0.15) is 0 Å². The first-order valence-electron chi connectivity index (χ1n) is 3.99. The predicted octanol–water partition coefficient (Wildman–Crippen LogP) is 1.44. The second kappa shape index (κ2) is 5.07. The second-order valence-electron chi connectivity index (χ2n) is 2.69. The van der Waals surface area contributed by atoms with Crippen molar-refractivity contribution in [1.82, 2.24) is 4.98 Å². The van der Waals surface area contributed by atoms with Gasteiger partial charge in [-0.05, 0) is 27.6 Å². The highest BCUT2D eigenvalue weighted by Crippen LogP contribution is 2.24. The van der Waals surface area contributed by atoms with E-state index in [1.54, 1.807) is 18.5 Å². The van der Waals surface area contributed by atoms with Gasteiger partial charge in [-0.3, -0.25) is 9.78 Å². The van der Waals surface area contributed by atoms with Crippen LogP contribution in [0.2, 0.25) is 0 Å². The predicted molar refractivity (Wildman–Crippen MR) is 53.5 cm³/mol. The first-order chi connectivity index (χ1) is 6.65. The molecule has 0 aliphatic heterocycles. The molecule has 4 nitrogen and oxygen atoms in total. The van der Waals surface area contributed by atoms with Crippen molar-refractivity contribution >= 4 is 21.9 Å². The summed E-state index contributed by atoms with van der Waals surface area (Å²) in [6.07, 6.45) is 2.20. The number of hydrogen-bond acceptors (Lipinski definition) is 4. The van der Waals surface area contributed by atoms with E-state index in [0.29, 0.717) is 10.0 Å². The number of rotatable bonds is 3. The molecule has 0 aliphatic rings. The van der Waals surface area contributed by atoms with Crippen LogP contribution in [0.15, 0.2) is 22.9 Å². The van der Waals surface area contributed by atoms with Crippen molar-refractivity contribution < 1.29 is 14.6 Å². The molecule has 0 saturated carbocycles. The first-order valence-corrected chi connectivity index (χ1v) is 4.78. The molecule has 0 spiro atoms. The zero-order valence-electron chi connectivity index (χ0n) is 7.61. The lowest BCUT2D eigenvalue weighted by Crippen LogP contribution is -2.08. The van der Waals surface area contributed by atoms with Gasteiger partial charge in [-0.15, -0.1) is 0 Å². The third-order valence-corrected chi connectivity index (χ3v) is 2.41. The van der Waals surface area contributed by atoms with Gasteiger partial charge in [-0.25, -0.2) is 0 Å². The fourth-order valence-electron chi connectivity index (χ4n) is 1.01. The Morgan fingerprint density at radius 3 is 3.07 bits per heavy atom. The van der Waals surface area contributed by atoms with Gasteiger partial charge in [-0.2, -0.15) is 0 Å². The fraction of sp³-hybridized carbons (Fsp3) is 0.333. The van der Waals surface area contributed by atoms with E-state index in [2.05, 4.69) is 25.7 Å². The Labute approximate surface area is 90.0 Å². The average Bonchev–Trinajstić information content (AvgIpc) is 2.18. The summed E-state index contributed by atoms with van der Waals surface area (Å²) in [6.45, 7) is 0. The number of aliphatic hydroxyl groups is 1. The third kappa shape index (κ3) is 2.78. The minimum atomic E-state index is -0.861. The van der Waals surface area contributed by atoms with E-state index in [1.807, 2.05) is 0 Å². The number of ether oxygens (including phenoxy) is 1. The van der Waals surface area contributed by atoms with Crippen LogP contribution in [0.3, 0.4) is 0 Å². The van der Waals surface area contributed by atoms with Crippen molar-refractivity contribution in [3.8, 4) is 0 Å². The quantitative estimate of drug-likeness (QED) is 0.835. The maximum Gasteiger partial charge on any atom is 0.308 e. The number of methoxy groups -OCH3 is 1. The number of aromatic nitrogens is 1. The number of esters is 1. The van der Waals surface area contributed by atoms with Crippen LogP contribution in [0.5, 0.6) is 0 Å². The molecule has 1 rings (SSSR count). The number of hydrogen-bond donors (Lipinski definition) is 1. The van der Waals surface area contributed by atoms with Gasteiger partial charge in [-0.1, -0.05) is 0 Å². The Morgan fingerprint density at radius 2 is 2.50 bits per heavy atom. The SMILES string of the molecule is COC(=O)C[C@@H](O)c1ccncc1Br. The Morgan fingerprint density at radius 1 is 1.79 bits per heavy atom. The van der Waals surface area contributed by atoms with Crippen LogP contribution in [0.1, 0.15) is 18.1 Å². The normalized spacial score (nSPS) is 12.2. The number of pyridine rings is 1. The topological polar surface area (TPSA) is 59.4 Å². The molecule has 1 N–H and O–H groups in total. The summed E-state index contributed by atoms with van der Waals surface area (Å²) in [7, 11) is 1.29. The zero-order chi connectivity index (χ0) is 10.6. The molecule has 1 aromatic rings. The molecule has 1 atom stereocenters. The van der Waals surface area contributed by atoms with Crippen molar-refractivity contribution in [3.05, 3.63) is 28.5 Å². The first kappa shape index (κ1) is 11.1. The molecule has 0 unspecified atom stereocenters. The summed E-state index contributed by atoms with van der Waals surface area (Å²) in [5.74, 6) is -0.443. The van der Waals surface area contributed by atoms with E-state index < -0.39 is 12.1 Å². The van der Waals surface area contributed by atoms with E-state index in [9.17, 15) is 9.90 Å². The minimum absolute atomic E-state index is 0.0564. The summed E-state index contributed by atoms with van der Waals surface area (Å²) in [5, 5.41) is 9.64. The largest absolute Gasteiger partial charge is 0.469 e. The van der Waals surface area contributed by atoms with Gasteiger partial charge in [0.25, 0.3) is 0 Å². The van der Waals surface area contributed by atoms with Crippen LogP contribution < -0.4 is 0 Å². The Kier molecular flexibility index (Phi) is 4.03. The van der Waals surface area contributed by atoms with Crippen LogP contribution in [-0.2, 0) is 9.53 Å². The fourth-order valence-corrected chi connectivity index (χ4v) is 1.52. The van der Waals surface area contributed by atoms with Crippen molar-refractivity contribution in [1.29, 1.82) is 0 Å². The molecule has 0 saturated heterocycles. The molecule has 0 radical (unpaired) electrons. The number of nitrogens with zero attached hydrogens (tertiary/aromatic N) is 1. The van der Waals surface area contributed by atoms with E-state index in [4.69, 9.17) is 0 Å². The number of halogens is 1. The molecule has 0 aliphatic carbocycles. The maximum atomic E-state index is 10.9. The molecular formula is C9H10BrNO3. The summed E-state index contributed by atoms with van der Waals surface area (Å²) in [6, 6.07) is 1.65. The van der Waals surface area contributed by atoms with E-state index in [1.165, 1.54) is 7.11 Å².